The van der Waals surface area contributed by atoms with Gasteiger partial charge in [-0.1, -0.05) is 91.5 Å². The van der Waals surface area contributed by atoms with E-state index in [1.165, 1.54) is 38.2 Å². The van der Waals surface area contributed by atoms with Crippen molar-refractivity contribution in [2.45, 2.75) is 19.5 Å². The van der Waals surface area contributed by atoms with Gasteiger partial charge in [0.15, 0.2) is 0 Å². The molecule has 4 aromatic carbocycles. The van der Waals surface area contributed by atoms with E-state index < -0.39 is 0 Å². The van der Waals surface area contributed by atoms with Gasteiger partial charge in [-0.3, -0.25) is 0 Å². The van der Waals surface area contributed by atoms with Gasteiger partial charge < -0.3 is 5.32 Å². The molecular weight excluding hydrogens is 338 g/mol. The second kappa shape index (κ2) is 8.24. The molecule has 0 saturated heterocycles. The summed E-state index contributed by atoms with van der Waals surface area (Å²) in [5, 5.41) is 8.82. The molecule has 1 unspecified atom stereocenters. The Kier molecular flexibility index (Phi) is 5.36. The van der Waals surface area contributed by atoms with Gasteiger partial charge in [0.2, 0.25) is 0 Å². The normalized spacial score (nSPS) is 13.0. The second-order valence-electron chi connectivity index (χ2n) is 7.09. The highest BCUT2D eigenvalue weighted by atomic mass is 14.9. The van der Waals surface area contributed by atoms with Crippen LogP contribution in [0.1, 0.15) is 24.1 Å². The van der Waals surface area contributed by atoms with Crippen molar-refractivity contribution in [1.29, 1.82) is 0 Å². The van der Waals surface area contributed by atoms with Gasteiger partial charge in [-0.05, 0) is 57.3 Å². The van der Waals surface area contributed by atoms with Crippen LogP contribution in [-0.4, -0.2) is 0 Å². The van der Waals surface area contributed by atoms with Gasteiger partial charge in [0, 0.05) is 6.54 Å². The molecule has 0 aliphatic rings. The van der Waals surface area contributed by atoms with Gasteiger partial charge >= 0.3 is 0 Å². The fraction of sp³-hybridized carbons (Fsp3) is 0.111. The molecule has 0 radical (unpaired) electrons. The minimum Gasteiger partial charge on any atom is -0.302 e. The SMILES string of the molecule is C=C/C(=C\C)C(NCc1ccc2ccccc2c1)c1ccc2ccccc2c1. The largest absolute Gasteiger partial charge is 0.302 e. The third kappa shape index (κ3) is 3.76. The molecule has 0 saturated carbocycles. The summed E-state index contributed by atoms with van der Waals surface area (Å²) in [4.78, 5) is 0. The minimum absolute atomic E-state index is 0.110. The van der Waals surface area contributed by atoms with E-state index in [1.54, 1.807) is 0 Å². The van der Waals surface area contributed by atoms with Crippen LogP contribution in [0.4, 0.5) is 0 Å². The number of hydrogen-bond acceptors (Lipinski definition) is 1. The van der Waals surface area contributed by atoms with Gasteiger partial charge in [0.05, 0.1) is 6.04 Å². The van der Waals surface area contributed by atoms with Crippen molar-refractivity contribution in [2.24, 2.45) is 0 Å². The van der Waals surface area contributed by atoms with E-state index in [0.29, 0.717) is 0 Å². The zero-order valence-corrected chi connectivity index (χ0v) is 16.2. The lowest BCUT2D eigenvalue weighted by Gasteiger charge is -2.21. The monoisotopic (exact) mass is 363 g/mol. The van der Waals surface area contributed by atoms with E-state index in [2.05, 4.69) is 110 Å². The molecular formula is C27H25N. The van der Waals surface area contributed by atoms with Gasteiger partial charge in [-0.2, -0.15) is 0 Å². The van der Waals surface area contributed by atoms with E-state index in [0.717, 1.165) is 6.54 Å². The van der Waals surface area contributed by atoms with Crippen LogP contribution in [0.15, 0.2) is 109 Å². The van der Waals surface area contributed by atoms with E-state index >= 15 is 0 Å². The topological polar surface area (TPSA) is 12.0 Å². The van der Waals surface area contributed by atoms with Crippen LogP contribution < -0.4 is 5.32 Å². The molecule has 0 spiro atoms. The molecule has 0 fully saturated rings. The molecule has 4 aromatic rings. The number of rotatable bonds is 6. The third-order valence-corrected chi connectivity index (χ3v) is 5.33. The van der Waals surface area contributed by atoms with Gasteiger partial charge in [-0.15, -0.1) is 0 Å². The molecule has 0 aliphatic heterocycles. The second-order valence-corrected chi connectivity index (χ2v) is 7.09. The maximum Gasteiger partial charge on any atom is 0.0576 e. The number of benzene rings is 4. The molecule has 138 valence electrons. The Morgan fingerprint density at radius 2 is 1.43 bits per heavy atom. The highest BCUT2D eigenvalue weighted by Crippen LogP contribution is 2.27. The fourth-order valence-corrected chi connectivity index (χ4v) is 3.79. The molecule has 1 atom stereocenters. The Balaban J connectivity index is 1.64. The van der Waals surface area contributed by atoms with Crippen LogP contribution in [-0.2, 0) is 6.54 Å². The Labute approximate surface area is 167 Å². The summed E-state index contributed by atoms with van der Waals surface area (Å²) in [7, 11) is 0. The predicted molar refractivity (Wildman–Crippen MR) is 121 cm³/mol. The quantitative estimate of drug-likeness (QED) is 0.365. The van der Waals surface area contributed by atoms with E-state index in [1.807, 2.05) is 6.08 Å². The summed E-state index contributed by atoms with van der Waals surface area (Å²) >= 11 is 0. The molecule has 0 bridgehead atoms. The molecule has 0 heterocycles. The first-order chi connectivity index (χ1) is 13.8. The number of nitrogens with one attached hydrogen (secondary N) is 1. The van der Waals surface area contributed by atoms with Crippen LogP contribution in [0, 0.1) is 0 Å². The molecule has 1 N–H and O–H groups in total. The molecule has 1 heteroatoms. The van der Waals surface area contributed by atoms with Crippen molar-refractivity contribution < 1.29 is 0 Å². The van der Waals surface area contributed by atoms with Gasteiger partial charge in [0.25, 0.3) is 0 Å². The first-order valence-electron chi connectivity index (χ1n) is 9.77. The predicted octanol–water partition coefficient (Wildman–Crippen LogP) is 6.96. The first-order valence-corrected chi connectivity index (χ1v) is 9.77. The van der Waals surface area contributed by atoms with Crippen molar-refractivity contribution in [3.05, 3.63) is 120 Å². The average Bonchev–Trinajstić information content (AvgIpc) is 2.76. The molecule has 28 heavy (non-hydrogen) atoms. The van der Waals surface area contributed by atoms with Crippen LogP contribution >= 0.6 is 0 Å². The van der Waals surface area contributed by atoms with E-state index in [-0.39, 0.29) is 6.04 Å². The van der Waals surface area contributed by atoms with E-state index in [9.17, 15) is 0 Å². The van der Waals surface area contributed by atoms with Crippen molar-refractivity contribution in [3.8, 4) is 0 Å². The van der Waals surface area contributed by atoms with Crippen LogP contribution in [0.3, 0.4) is 0 Å². The highest BCUT2D eigenvalue weighted by Gasteiger charge is 2.14. The van der Waals surface area contributed by atoms with Crippen molar-refractivity contribution in [3.63, 3.8) is 0 Å². The molecule has 0 aliphatic carbocycles. The summed E-state index contributed by atoms with van der Waals surface area (Å²) in [6.45, 7) is 6.90. The molecule has 0 amide bonds. The number of hydrogen-bond donors (Lipinski definition) is 1. The Morgan fingerprint density at radius 3 is 2.07 bits per heavy atom. The number of allylic oxidation sites excluding steroid dienone is 1. The fourth-order valence-electron chi connectivity index (χ4n) is 3.79. The third-order valence-electron chi connectivity index (χ3n) is 5.33. The van der Waals surface area contributed by atoms with Crippen LogP contribution in [0.25, 0.3) is 21.5 Å². The van der Waals surface area contributed by atoms with Crippen LogP contribution in [0.5, 0.6) is 0 Å². The first kappa shape index (κ1) is 18.2. The van der Waals surface area contributed by atoms with Gasteiger partial charge in [0.1, 0.15) is 0 Å². The maximum absolute atomic E-state index is 4.03. The smallest absolute Gasteiger partial charge is 0.0576 e. The average molecular weight is 364 g/mol. The Hall–Kier alpha value is -3.16. The van der Waals surface area contributed by atoms with Gasteiger partial charge in [-0.25, -0.2) is 0 Å². The zero-order chi connectivity index (χ0) is 19.3. The van der Waals surface area contributed by atoms with E-state index in [4.69, 9.17) is 0 Å². The Bertz CT molecular complexity index is 1150. The van der Waals surface area contributed by atoms with Crippen LogP contribution in [0.2, 0.25) is 0 Å². The van der Waals surface area contributed by atoms with Crippen molar-refractivity contribution in [2.75, 3.05) is 0 Å². The van der Waals surface area contributed by atoms with Crippen molar-refractivity contribution >= 4 is 21.5 Å². The lowest BCUT2D eigenvalue weighted by molar-refractivity contribution is 0.604. The molecule has 4 rings (SSSR count). The zero-order valence-electron chi connectivity index (χ0n) is 16.2. The van der Waals surface area contributed by atoms with Crippen molar-refractivity contribution in [1.82, 2.24) is 5.32 Å². The summed E-state index contributed by atoms with van der Waals surface area (Å²) in [5.41, 5.74) is 3.73. The summed E-state index contributed by atoms with van der Waals surface area (Å²) < 4.78 is 0. The summed E-state index contributed by atoms with van der Waals surface area (Å²) in [6.07, 6.45) is 4.09. The lowest BCUT2D eigenvalue weighted by Crippen LogP contribution is -2.22. The summed E-state index contributed by atoms with van der Waals surface area (Å²) in [5.74, 6) is 0. The molecule has 0 aromatic heterocycles. The summed E-state index contributed by atoms with van der Waals surface area (Å²) in [6, 6.07) is 30.5. The maximum atomic E-state index is 4.03. The Morgan fingerprint density at radius 1 is 0.821 bits per heavy atom. The lowest BCUT2D eigenvalue weighted by atomic mass is 9.95. The minimum atomic E-state index is 0.110. The highest BCUT2D eigenvalue weighted by molar-refractivity contribution is 5.84. The standard InChI is InChI=1S/C27H25N/c1-3-21(4-2)27(26-16-15-23-10-6-8-12-25(23)18-26)28-19-20-13-14-22-9-5-7-11-24(22)17-20/h3-18,27-28H,1,19H2,2H3/b21-4+. The number of fused-ring (bicyclic) bond motifs is 2. The molecule has 1 nitrogen and oxygen atoms in total.